The van der Waals surface area contributed by atoms with Crippen LogP contribution in [0.2, 0.25) is 0 Å². The van der Waals surface area contributed by atoms with Crippen LogP contribution in [-0.2, 0) is 0 Å². The summed E-state index contributed by atoms with van der Waals surface area (Å²) in [6, 6.07) is 14.6. The molecule has 1 unspecified atom stereocenters. The monoisotopic (exact) mass is 367 g/mol. The van der Waals surface area contributed by atoms with E-state index in [9.17, 15) is 9.50 Å². The van der Waals surface area contributed by atoms with Crippen LogP contribution in [0.3, 0.4) is 0 Å². The van der Waals surface area contributed by atoms with Crippen molar-refractivity contribution in [2.45, 2.75) is 20.0 Å². The highest BCUT2D eigenvalue weighted by Gasteiger charge is 2.18. The van der Waals surface area contributed by atoms with Gasteiger partial charge in [-0.2, -0.15) is 0 Å². The third-order valence-corrected chi connectivity index (χ3v) is 4.38. The SMILES string of the molecule is COc1ccc(Oc2c(C)cc(N)cc2C)cc1C(O)c1ccc(F)cc1. The maximum atomic E-state index is 13.2. The third kappa shape index (κ3) is 4.04. The zero-order chi connectivity index (χ0) is 19.6. The van der Waals surface area contributed by atoms with E-state index in [-0.39, 0.29) is 5.82 Å². The van der Waals surface area contributed by atoms with Crippen LogP contribution in [0.1, 0.15) is 28.4 Å². The van der Waals surface area contributed by atoms with Crippen molar-refractivity contribution in [3.05, 3.63) is 82.7 Å². The Labute approximate surface area is 158 Å². The molecule has 0 fully saturated rings. The first-order valence-electron chi connectivity index (χ1n) is 8.55. The van der Waals surface area contributed by atoms with Gasteiger partial charge in [-0.25, -0.2) is 4.39 Å². The van der Waals surface area contributed by atoms with E-state index in [1.165, 1.54) is 19.2 Å². The number of aliphatic hydroxyl groups excluding tert-OH is 1. The second-order valence-electron chi connectivity index (χ2n) is 6.44. The molecule has 5 heteroatoms. The number of aryl methyl sites for hydroxylation is 2. The lowest BCUT2D eigenvalue weighted by Gasteiger charge is -2.18. The molecule has 3 rings (SSSR count). The molecule has 3 aromatic carbocycles. The number of anilines is 1. The van der Waals surface area contributed by atoms with Crippen molar-refractivity contribution < 1.29 is 19.0 Å². The molecule has 27 heavy (non-hydrogen) atoms. The van der Waals surface area contributed by atoms with Gasteiger partial charge in [0.15, 0.2) is 0 Å². The summed E-state index contributed by atoms with van der Waals surface area (Å²) >= 11 is 0. The summed E-state index contributed by atoms with van der Waals surface area (Å²) in [4.78, 5) is 0. The average Bonchev–Trinajstić information content (AvgIpc) is 2.64. The number of hydrogen-bond acceptors (Lipinski definition) is 4. The lowest BCUT2D eigenvalue weighted by molar-refractivity contribution is 0.214. The predicted octanol–water partition coefficient (Wildman–Crippen LogP) is 4.91. The van der Waals surface area contributed by atoms with Gasteiger partial charge in [-0.1, -0.05) is 12.1 Å². The normalized spacial score (nSPS) is 11.9. The van der Waals surface area contributed by atoms with Gasteiger partial charge in [-0.05, 0) is 73.0 Å². The highest BCUT2D eigenvalue weighted by molar-refractivity contribution is 5.54. The van der Waals surface area contributed by atoms with E-state index in [1.807, 2.05) is 26.0 Å². The van der Waals surface area contributed by atoms with E-state index < -0.39 is 6.10 Å². The molecule has 140 valence electrons. The van der Waals surface area contributed by atoms with Crippen molar-refractivity contribution in [3.8, 4) is 17.2 Å². The minimum absolute atomic E-state index is 0.357. The Morgan fingerprint density at radius 1 is 0.963 bits per heavy atom. The zero-order valence-electron chi connectivity index (χ0n) is 15.5. The van der Waals surface area contributed by atoms with E-state index in [2.05, 4.69) is 0 Å². The number of hydrogen-bond donors (Lipinski definition) is 2. The summed E-state index contributed by atoms with van der Waals surface area (Å²) in [5.74, 6) is 1.44. The molecular formula is C22H22FNO3. The third-order valence-electron chi connectivity index (χ3n) is 4.38. The van der Waals surface area contributed by atoms with Crippen LogP contribution < -0.4 is 15.2 Å². The topological polar surface area (TPSA) is 64.7 Å². The lowest BCUT2D eigenvalue weighted by atomic mass is 10.0. The molecule has 0 aliphatic heterocycles. The van der Waals surface area contributed by atoms with Crippen molar-refractivity contribution in [1.29, 1.82) is 0 Å². The number of aliphatic hydroxyl groups is 1. The number of methoxy groups -OCH3 is 1. The minimum atomic E-state index is -0.974. The number of nitrogen functional groups attached to an aromatic ring is 1. The van der Waals surface area contributed by atoms with Crippen LogP contribution in [0, 0.1) is 19.7 Å². The van der Waals surface area contributed by atoms with Crippen LogP contribution in [-0.4, -0.2) is 12.2 Å². The highest BCUT2D eigenvalue weighted by atomic mass is 19.1. The average molecular weight is 367 g/mol. The molecule has 0 heterocycles. The zero-order valence-corrected chi connectivity index (χ0v) is 15.5. The van der Waals surface area contributed by atoms with Crippen molar-refractivity contribution >= 4 is 5.69 Å². The molecule has 0 saturated heterocycles. The Morgan fingerprint density at radius 2 is 1.59 bits per heavy atom. The summed E-state index contributed by atoms with van der Waals surface area (Å²) in [6.07, 6.45) is -0.974. The molecule has 0 bridgehead atoms. The van der Waals surface area contributed by atoms with Crippen LogP contribution in [0.25, 0.3) is 0 Å². The summed E-state index contributed by atoms with van der Waals surface area (Å²) in [5.41, 5.74) is 9.48. The molecule has 0 aromatic heterocycles. The number of rotatable bonds is 5. The Kier molecular flexibility index (Phi) is 5.33. The maximum Gasteiger partial charge on any atom is 0.133 e. The van der Waals surface area contributed by atoms with Crippen molar-refractivity contribution in [2.75, 3.05) is 12.8 Å². The fourth-order valence-corrected chi connectivity index (χ4v) is 3.08. The van der Waals surface area contributed by atoms with E-state index in [0.717, 1.165) is 16.9 Å². The van der Waals surface area contributed by atoms with E-state index >= 15 is 0 Å². The molecule has 0 spiro atoms. The van der Waals surface area contributed by atoms with Gasteiger partial charge in [0.25, 0.3) is 0 Å². The number of benzene rings is 3. The summed E-state index contributed by atoms with van der Waals surface area (Å²) in [7, 11) is 1.53. The van der Waals surface area contributed by atoms with Crippen LogP contribution in [0.4, 0.5) is 10.1 Å². The lowest BCUT2D eigenvalue weighted by Crippen LogP contribution is -2.03. The molecule has 0 amide bonds. The fourth-order valence-electron chi connectivity index (χ4n) is 3.08. The Bertz CT molecular complexity index is 931. The second kappa shape index (κ2) is 7.68. The smallest absolute Gasteiger partial charge is 0.133 e. The molecule has 0 aliphatic carbocycles. The van der Waals surface area contributed by atoms with Gasteiger partial charge in [-0.3, -0.25) is 0 Å². The molecule has 1 atom stereocenters. The number of ether oxygens (including phenoxy) is 2. The standard InChI is InChI=1S/C22H22FNO3/c1-13-10-17(24)11-14(2)22(13)27-18-8-9-20(26-3)19(12-18)21(25)15-4-6-16(23)7-5-15/h4-12,21,25H,24H2,1-3H3. The molecule has 3 N–H and O–H groups in total. The Morgan fingerprint density at radius 3 is 2.19 bits per heavy atom. The first kappa shape index (κ1) is 18.7. The Hall–Kier alpha value is -3.05. The quantitative estimate of drug-likeness (QED) is 0.629. The molecule has 4 nitrogen and oxygen atoms in total. The van der Waals surface area contributed by atoms with E-state index in [1.54, 1.807) is 30.3 Å². The van der Waals surface area contributed by atoms with Gasteiger partial charge >= 0.3 is 0 Å². The summed E-state index contributed by atoms with van der Waals surface area (Å²) in [5, 5.41) is 10.8. The molecule has 0 saturated carbocycles. The molecule has 3 aromatic rings. The predicted molar refractivity (Wildman–Crippen MR) is 104 cm³/mol. The number of halogens is 1. The molecule has 0 radical (unpaired) electrons. The second-order valence-corrected chi connectivity index (χ2v) is 6.44. The van der Waals surface area contributed by atoms with Gasteiger partial charge in [0, 0.05) is 11.3 Å². The fraction of sp³-hybridized carbons (Fsp3) is 0.182. The first-order valence-corrected chi connectivity index (χ1v) is 8.55. The number of nitrogens with two attached hydrogens (primary N) is 1. The summed E-state index contributed by atoms with van der Waals surface area (Å²) in [6.45, 7) is 3.85. The van der Waals surface area contributed by atoms with Gasteiger partial charge in [0.1, 0.15) is 29.2 Å². The van der Waals surface area contributed by atoms with Crippen molar-refractivity contribution in [1.82, 2.24) is 0 Å². The van der Waals surface area contributed by atoms with Gasteiger partial charge < -0.3 is 20.3 Å². The van der Waals surface area contributed by atoms with Gasteiger partial charge in [0.2, 0.25) is 0 Å². The van der Waals surface area contributed by atoms with E-state index in [0.29, 0.717) is 28.3 Å². The highest BCUT2D eigenvalue weighted by Crippen LogP contribution is 2.36. The van der Waals surface area contributed by atoms with Crippen LogP contribution in [0.5, 0.6) is 17.2 Å². The molecule has 0 aliphatic rings. The van der Waals surface area contributed by atoms with Crippen molar-refractivity contribution in [3.63, 3.8) is 0 Å². The largest absolute Gasteiger partial charge is 0.496 e. The first-order chi connectivity index (χ1) is 12.9. The van der Waals surface area contributed by atoms with Crippen LogP contribution >= 0.6 is 0 Å². The minimum Gasteiger partial charge on any atom is -0.496 e. The molecular weight excluding hydrogens is 345 g/mol. The van der Waals surface area contributed by atoms with Crippen LogP contribution in [0.15, 0.2) is 54.6 Å². The maximum absolute atomic E-state index is 13.2. The Balaban J connectivity index is 1.97. The van der Waals surface area contributed by atoms with Gasteiger partial charge in [-0.15, -0.1) is 0 Å². The van der Waals surface area contributed by atoms with Gasteiger partial charge in [0.05, 0.1) is 7.11 Å². The summed E-state index contributed by atoms with van der Waals surface area (Å²) < 4.78 is 24.6. The van der Waals surface area contributed by atoms with Crippen molar-refractivity contribution in [2.24, 2.45) is 0 Å². The van der Waals surface area contributed by atoms with E-state index in [4.69, 9.17) is 15.2 Å².